The number of imidazole rings is 1. The van der Waals surface area contributed by atoms with E-state index in [0.717, 1.165) is 61.3 Å². The Balaban J connectivity index is 1.62. The van der Waals surface area contributed by atoms with E-state index in [-0.39, 0.29) is 36.0 Å². The minimum absolute atomic E-state index is 0.155. The van der Waals surface area contributed by atoms with Gasteiger partial charge in [-0.3, -0.25) is 4.79 Å². The number of ether oxygens (including phenoxy) is 2. The molecule has 10 heteroatoms. The molecular formula is C33H47N5O4Si. The van der Waals surface area contributed by atoms with Gasteiger partial charge in [-0.15, -0.1) is 0 Å². The van der Waals surface area contributed by atoms with E-state index >= 15 is 0 Å². The van der Waals surface area contributed by atoms with E-state index in [1.165, 1.54) is 0 Å². The van der Waals surface area contributed by atoms with Crippen LogP contribution in [0.3, 0.4) is 0 Å². The van der Waals surface area contributed by atoms with Gasteiger partial charge in [0.15, 0.2) is 11.5 Å². The van der Waals surface area contributed by atoms with Crippen LogP contribution >= 0.6 is 0 Å². The van der Waals surface area contributed by atoms with Crippen LogP contribution in [0.15, 0.2) is 24.4 Å². The Labute approximate surface area is 257 Å². The second-order valence-electron chi connectivity index (χ2n) is 13.9. The molecule has 0 radical (unpaired) electrons. The first-order valence-corrected chi connectivity index (χ1v) is 19.2. The highest BCUT2D eigenvalue weighted by atomic mass is 28.3. The maximum atomic E-state index is 14.1. The van der Waals surface area contributed by atoms with Crippen molar-refractivity contribution in [1.29, 1.82) is 5.26 Å². The fraction of sp³-hybridized carbons (Fsp3) is 0.576. The lowest BCUT2D eigenvalue weighted by molar-refractivity contribution is 0.0205. The number of nitrogens with zero attached hydrogens (tertiary/aromatic N) is 4. The zero-order chi connectivity index (χ0) is 31.4. The maximum absolute atomic E-state index is 14.1. The molecule has 0 unspecified atom stereocenters. The van der Waals surface area contributed by atoms with Gasteiger partial charge in [0.1, 0.15) is 18.4 Å². The van der Waals surface area contributed by atoms with Gasteiger partial charge >= 0.3 is 6.09 Å². The van der Waals surface area contributed by atoms with Crippen molar-refractivity contribution in [3.63, 3.8) is 0 Å². The van der Waals surface area contributed by atoms with Crippen molar-refractivity contribution in [2.24, 2.45) is 0 Å². The number of aromatic nitrogens is 2. The van der Waals surface area contributed by atoms with Crippen molar-refractivity contribution in [3.8, 4) is 6.07 Å². The first kappa shape index (κ1) is 32.5. The lowest BCUT2D eigenvalue weighted by Crippen LogP contribution is -2.41. The number of nitrogens with two attached hydrogens (primary N) is 1. The van der Waals surface area contributed by atoms with Gasteiger partial charge in [0, 0.05) is 50.8 Å². The number of anilines is 1. The van der Waals surface area contributed by atoms with E-state index in [1.54, 1.807) is 15.7 Å². The molecule has 1 aromatic heterocycles. The molecule has 4 rings (SSSR count). The summed E-state index contributed by atoms with van der Waals surface area (Å²) in [7, 11) is -1.27. The molecule has 1 fully saturated rings. The summed E-state index contributed by atoms with van der Waals surface area (Å²) in [5.41, 5.74) is 10.6. The number of rotatable bonds is 9. The summed E-state index contributed by atoms with van der Waals surface area (Å²) >= 11 is 0. The van der Waals surface area contributed by atoms with Gasteiger partial charge in [0.2, 0.25) is 5.78 Å². The van der Waals surface area contributed by atoms with Crippen LogP contribution in [0.5, 0.6) is 0 Å². The molecule has 2 aliphatic rings. The molecule has 2 N–H and O–H groups in total. The minimum Gasteiger partial charge on any atom is -0.444 e. The first-order valence-electron chi connectivity index (χ1n) is 15.5. The number of carbonyl (C=O) groups excluding carboxylic acids is 2. The summed E-state index contributed by atoms with van der Waals surface area (Å²) in [6, 6.07) is 6.91. The average Bonchev–Trinajstić information content (AvgIpc) is 3.37. The third-order valence-electron chi connectivity index (χ3n) is 8.04. The SMILES string of the molecule is CC(C)(C)OC(=O)N1CCC(c2ccc(C(=O)c3nc(C#N)cn3COCC[Si](C)(C)C)c(C3=CCCCC3)c2N)CC1. The average molecular weight is 606 g/mol. The Bertz CT molecular complexity index is 1400. The van der Waals surface area contributed by atoms with Crippen molar-refractivity contribution in [1.82, 2.24) is 14.5 Å². The summed E-state index contributed by atoms with van der Waals surface area (Å²) < 4.78 is 13.1. The third kappa shape index (κ3) is 8.36. The second-order valence-corrected chi connectivity index (χ2v) is 19.5. The molecule has 1 aliphatic carbocycles. The van der Waals surface area contributed by atoms with Gasteiger partial charge in [-0.1, -0.05) is 31.8 Å². The molecule has 0 saturated carbocycles. The molecule has 2 aromatic rings. The molecule has 1 aliphatic heterocycles. The van der Waals surface area contributed by atoms with Crippen LogP contribution in [0.4, 0.5) is 10.5 Å². The van der Waals surface area contributed by atoms with Crippen LogP contribution in [0.25, 0.3) is 5.57 Å². The summed E-state index contributed by atoms with van der Waals surface area (Å²) in [4.78, 5) is 32.9. The van der Waals surface area contributed by atoms with Crippen molar-refractivity contribution >= 4 is 31.2 Å². The Kier molecular flexibility index (Phi) is 10.2. The number of nitrogen functional groups attached to an aromatic ring is 1. The van der Waals surface area contributed by atoms with E-state index in [1.807, 2.05) is 32.9 Å². The van der Waals surface area contributed by atoms with Gasteiger partial charge in [0.25, 0.3) is 0 Å². The highest BCUT2D eigenvalue weighted by molar-refractivity contribution is 6.76. The highest BCUT2D eigenvalue weighted by Crippen LogP contribution is 2.40. The first-order chi connectivity index (χ1) is 20.3. The predicted octanol–water partition coefficient (Wildman–Crippen LogP) is 6.95. The zero-order valence-corrected chi connectivity index (χ0v) is 27.7. The smallest absolute Gasteiger partial charge is 0.410 e. The predicted molar refractivity (Wildman–Crippen MR) is 172 cm³/mol. The quantitative estimate of drug-likeness (QED) is 0.142. The summed E-state index contributed by atoms with van der Waals surface area (Å²) in [5.74, 6) is 0.0764. The van der Waals surface area contributed by atoms with E-state index < -0.39 is 13.7 Å². The van der Waals surface area contributed by atoms with Gasteiger partial charge in [-0.25, -0.2) is 9.78 Å². The Morgan fingerprint density at radius 1 is 1.16 bits per heavy atom. The number of nitriles is 1. The van der Waals surface area contributed by atoms with Crippen LogP contribution in [-0.4, -0.2) is 59.7 Å². The van der Waals surface area contributed by atoms with Crippen molar-refractivity contribution in [2.45, 2.75) is 103 Å². The molecule has 9 nitrogen and oxygen atoms in total. The van der Waals surface area contributed by atoms with Crippen LogP contribution in [-0.2, 0) is 16.2 Å². The van der Waals surface area contributed by atoms with Crippen LogP contribution < -0.4 is 5.73 Å². The number of hydrogen-bond donors (Lipinski definition) is 1. The van der Waals surface area contributed by atoms with Gasteiger partial charge in [0.05, 0.1) is 0 Å². The Morgan fingerprint density at radius 2 is 1.88 bits per heavy atom. The number of piperidine rings is 1. The lowest BCUT2D eigenvalue weighted by atomic mass is 9.82. The molecule has 1 saturated heterocycles. The number of hydrogen-bond acceptors (Lipinski definition) is 7. The molecule has 1 aromatic carbocycles. The molecule has 0 spiro atoms. The number of amides is 1. The van der Waals surface area contributed by atoms with Crippen LogP contribution in [0, 0.1) is 11.3 Å². The fourth-order valence-corrected chi connectivity index (χ4v) is 6.46. The monoisotopic (exact) mass is 605 g/mol. The largest absolute Gasteiger partial charge is 0.444 e. The molecule has 43 heavy (non-hydrogen) atoms. The highest BCUT2D eigenvalue weighted by Gasteiger charge is 2.31. The molecule has 2 heterocycles. The molecule has 0 atom stereocenters. The van der Waals surface area contributed by atoms with Gasteiger partial charge in [-0.05, 0) is 88.5 Å². The fourth-order valence-electron chi connectivity index (χ4n) is 5.70. The van der Waals surface area contributed by atoms with E-state index in [2.05, 4.69) is 36.8 Å². The maximum Gasteiger partial charge on any atom is 0.410 e. The molecular weight excluding hydrogens is 558 g/mol. The Hall–Kier alpha value is -3.42. The van der Waals surface area contributed by atoms with E-state index in [4.69, 9.17) is 15.2 Å². The summed E-state index contributed by atoms with van der Waals surface area (Å²) in [6.07, 6.45) is 8.96. The lowest BCUT2D eigenvalue weighted by Gasteiger charge is -2.34. The molecule has 232 valence electrons. The number of benzene rings is 1. The van der Waals surface area contributed by atoms with Crippen molar-refractivity contribution in [2.75, 3.05) is 25.4 Å². The number of likely N-dealkylation sites (tertiary alicyclic amines) is 1. The topological polar surface area (TPSA) is 123 Å². The van der Waals surface area contributed by atoms with Crippen molar-refractivity contribution < 1.29 is 19.1 Å². The summed E-state index contributed by atoms with van der Waals surface area (Å²) in [5, 5.41) is 9.56. The zero-order valence-electron chi connectivity index (χ0n) is 26.7. The Morgan fingerprint density at radius 3 is 2.49 bits per heavy atom. The van der Waals surface area contributed by atoms with E-state index in [0.29, 0.717) is 30.9 Å². The summed E-state index contributed by atoms with van der Waals surface area (Å²) in [6.45, 7) is 14.4. The van der Waals surface area contributed by atoms with Crippen LogP contribution in [0.1, 0.15) is 98.2 Å². The standard InChI is InChI=1S/C33H47N5O4Si/c1-33(2,3)42-32(40)37-16-14-23(15-17-37)26-12-13-27(28(29(26)35)24-10-8-7-9-11-24)30(39)31-36-25(20-34)21-38(31)22-41-18-19-43(4,5)6/h10,12-13,21,23H,7-9,11,14-19,22,35H2,1-6H3. The van der Waals surface area contributed by atoms with E-state index in [9.17, 15) is 14.9 Å². The normalized spacial score (nSPS) is 16.5. The number of carbonyl (C=O) groups is 2. The molecule has 1 amide bonds. The number of ketones is 1. The third-order valence-corrected chi connectivity index (χ3v) is 9.75. The van der Waals surface area contributed by atoms with Gasteiger partial charge < -0.3 is 24.7 Å². The van der Waals surface area contributed by atoms with Crippen molar-refractivity contribution in [3.05, 3.63) is 52.6 Å². The van der Waals surface area contributed by atoms with Gasteiger partial charge in [-0.2, -0.15) is 5.26 Å². The molecule has 0 bridgehead atoms. The van der Waals surface area contributed by atoms with Crippen LogP contribution in [0.2, 0.25) is 25.7 Å². The number of allylic oxidation sites excluding steroid dienone is 2. The second kappa shape index (κ2) is 13.5. The minimum atomic E-state index is -1.27.